The number of pyridine rings is 1. The summed E-state index contributed by atoms with van der Waals surface area (Å²) >= 11 is 0. The molecule has 1 heterocycles. The van der Waals surface area contributed by atoms with Crippen LogP contribution in [-0.4, -0.2) is 29.6 Å². The molecule has 4 rings (SSSR count). The highest BCUT2D eigenvalue weighted by Gasteiger charge is 2.21. The van der Waals surface area contributed by atoms with Gasteiger partial charge in [0.05, 0.1) is 5.52 Å². The van der Waals surface area contributed by atoms with Crippen LogP contribution in [0.1, 0.15) is 15.9 Å². The third-order valence-corrected chi connectivity index (χ3v) is 5.15. The molecule has 154 valence electrons. The topological polar surface area (TPSA) is 62.5 Å². The quantitative estimate of drug-likeness (QED) is 0.384. The number of carbonyl (C=O) groups excluding carboxylic acids is 1. The van der Waals surface area contributed by atoms with E-state index in [4.69, 9.17) is 0 Å². The second-order valence-electron chi connectivity index (χ2n) is 7.40. The number of fused-ring (bicyclic) bond motifs is 1. The first kappa shape index (κ1) is 20.2. The second-order valence-corrected chi connectivity index (χ2v) is 7.40. The first-order valence-electron chi connectivity index (χ1n) is 9.89. The molecule has 0 saturated heterocycles. The Hall–Kier alpha value is -4.12. The van der Waals surface area contributed by atoms with Crippen LogP contribution in [-0.2, 0) is 0 Å². The SMILES string of the molecule is CN(C)c1ccc(/C=C/C(=O)c2c(O)c3ccccc3n(-c3ccccc3)c2=O)cc1. The molecule has 0 aliphatic carbocycles. The highest BCUT2D eigenvalue weighted by Crippen LogP contribution is 2.28. The minimum atomic E-state index is -0.556. The smallest absolute Gasteiger partial charge is 0.270 e. The molecule has 1 N–H and O–H groups in total. The highest BCUT2D eigenvalue weighted by atomic mass is 16.3. The Kier molecular flexibility index (Phi) is 5.41. The number of aromatic hydroxyl groups is 1. The number of hydrogen-bond acceptors (Lipinski definition) is 4. The number of carbonyl (C=O) groups is 1. The zero-order valence-corrected chi connectivity index (χ0v) is 17.3. The molecule has 3 aromatic carbocycles. The normalized spacial score (nSPS) is 11.2. The number of nitrogens with zero attached hydrogens (tertiary/aromatic N) is 2. The van der Waals surface area contributed by atoms with E-state index in [2.05, 4.69) is 0 Å². The monoisotopic (exact) mass is 410 g/mol. The predicted octanol–water partition coefficient (Wildman–Crippen LogP) is 4.66. The van der Waals surface area contributed by atoms with Crippen molar-refractivity contribution in [2.24, 2.45) is 0 Å². The van der Waals surface area contributed by atoms with Crippen molar-refractivity contribution >= 4 is 28.4 Å². The fraction of sp³-hybridized carbons (Fsp3) is 0.0769. The summed E-state index contributed by atoms with van der Waals surface area (Å²) < 4.78 is 1.46. The van der Waals surface area contributed by atoms with Crippen LogP contribution in [0.5, 0.6) is 5.75 Å². The van der Waals surface area contributed by atoms with Crippen LogP contribution in [0.15, 0.2) is 89.7 Å². The van der Waals surface area contributed by atoms with E-state index in [1.54, 1.807) is 42.5 Å². The van der Waals surface area contributed by atoms with Crippen LogP contribution >= 0.6 is 0 Å². The van der Waals surface area contributed by atoms with E-state index in [1.807, 2.05) is 61.5 Å². The first-order valence-corrected chi connectivity index (χ1v) is 9.89. The summed E-state index contributed by atoms with van der Waals surface area (Å²) in [7, 11) is 3.91. The van der Waals surface area contributed by atoms with Crippen molar-refractivity contribution in [1.82, 2.24) is 4.57 Å². The van der Waals surface area contributed by atoms with Gasteiger partial charge < -0.3 is 10.0 Å². The van der Waals surface area contributed by atoms with Gasteiger partial charge in [0.2, 0.25) is 0 Å². The largest absolute Gasteiger partial charge is 0.506 e. The molecule has 31 heavy (non-hydrogen) atoms. The van der Waals surface area contributed by atoms with Gasteiger partial charge in [-0.15, -0.1) is 0 Å². The molecule has 5 nitrogen and oxygen atoms in total. The van der Waals surface area contributed by atoms with Crippen molar-refractivity contribution in [2.75, 3.05) is 19.0 Å². The van der Waals surface area contributed by atoms with Crippen molar-refractivity contribution in [3.05, 3.63) is 106 Å². The summed E-state index contributed by atoms with van der Waals surface area (Å²) in [5.41, 5.74) is 2.23. The van der Waals surface area contributed by atoms with E-state index in [1.165, 1.54) is 10.6 Å². The number of hydrogen-bond donors (Lipinski definition) is 1. The molecule has 4 aromatic rings. The lowest BCUT2D eigenvalue weighted by molar-refractivity contribution is 0.104. The van der Waals surface area contributed by atoms with Crippen molar-refractivity contribution in [3.63, 3.8) is 0 Å². The Bertz CT molecular complexity index is 1340. The molecule has 0 spiro atoms. The Morgan fingerprint density at radius 3 is 2.23 bits per heavy atom. The fourth-order valence-electron chi connectivity index (χ4n) is 3.52. The second kappa shape index (κ2) is 8.32. The average Bonchev–Trinajstić information content (AvgIpc) is 2.79. The van der Waals surface area contributed by atoms with E-state index in [0.29, 0.717) is 16.6 Å². The highest BCUT2D eigenvalue weighted by molar-refractivity contribution is 6.11. The number of anilines is 1. The molecule has 0 aliphatic rings. The molecular formula is C26H22N2O3. The maximum Gasteiger partial charge on any atom is 0.270 e. The number of allylic oxidation sites excluding steroid dienone is 1. The predicted molar refractivity (Wildman–Crippen MR) is 125 cm³/mol. The summed E-state index contributed by atoms with van der Waals surface area (Å²) in [6.07, 6.45) is 2.97. The first-order chi connectivity index (χ1) is 15.0. The number of benzene rings is 3. The molecular weight excluding hydrogens is 388 g/mol. The maximum absolute atomic E-state index is 13.3. The van der Waals surface area contributed by atoms with Crippen molar-refractivity contribution in [1.29, 1.82) is 0 Å². The molecule has 0 aliphatic heterocycles. The number of para-hydroxylation sites is 2. The molecule has 0 fully saturated rings. The van der Waals surface area contributed by atoms with Gasteiger partial charge in [-0.3, -0.25) is 14.2 Å². The lowest BCUT2D eigenvalue weighted by atomic mass is 10.0. The lowest BCUT2D eigenvalue weighted by Crippen LogP contribution is -2.25. The van der Waals surface area contributed by atoms with E-state index < -0.39 is 11.3 Å². The summed E-state index contributed by atoms with van der Waals surface area (Å²) in [5.74, 6) is -0.847. The summed E-state index contributed by atoms with van der Waals surface area (Å²) in [4.78, 5) is 28.3. The van der Waals surface area contributed by atoms with E-state index in [-0.39, 0.29) is 11.3 Å². The minimum Gasteiger partial charge on any atom is -0.506 e. The Labute approximate surface area is 180 Å². The number of aromatic nitrogens is 1. The molecule has 5 heteroatoms. The number of ketones is 1. The average molecular weight is 410 g/mol. The molecule has 1 aromatic heterocycles. The van der Waals surface area contributed by atoms with Gasteiger partial charge in [0, 0.05) is 30.9 Å². The molecule has 0 atom stereocenters. The standard InChI is InChI=1S/C26H22N2O3/c1-27(2)19-15-12-18(13-16-19)14-17-23(29)24-25(30)21-10-6-7-11-22(21)28(26(24)31)20-8-4-3-5-9-20/h3-17,30H,1-2H3/b17-14+. The van der Waals surface area contributed by atoms with Gasteiger partial charge in [0.1, 0.15) is 11.3 Å². The van der Waals surface area contributed by atoms with Gasteiger partial charge in [0.15, 0.2) is 5.78 Å². The van der Waals surface area contributed by atoms with E-state index >= 15 is 0 Å². The summed E-state index contributed by atoms with van der Waals surface area (Å²) in [5, 5.41) is 11.2. The summed E-state index contributed by atoms with van der Waals surface area (Å²) in [6.45, 7) is 0. The Morgan fingerprint density at radius 1 is 0.903 bits per heavy atom. The van der Waals surface area contributed by atoms with Gasteiger partial charge in [0.25, 0.3) is 5.56 Å². The Balaban J connectivity index is 1.82. The zero-order chi connectivity index (χ0) is 22.0. The molecule has 0 unspecified atom stereocenters. The van der Waals surface area contributed by atoms with E-state index in [0.717, 1.165) is 11.3 Å². The zero-order valence-electron chi connectivity index (χ0n) is 17.3. The Morgan fingerprint density at radius 2 is 1.55 bits per heavy atom. The third kappa shape index (κ3) is 3.85. The van der Waals surface area contributed by atoms with Crippen LogP contribution in [0.4, 0.5) is 5.69 Å². The fourth-order valence-corrected chi connectivity index (χ4v) is 3.52. The summed E-state index contributed by atoms with van der Waals surface area (Å²) in [6, 6.07) is 23.8. The van der Waals surface area contributed by atoms with E-state index in [9.17, 15) is 14.7 Å². The maximum atomic E-state index is 13.3. The molecule has 0 amide bonds. The van der Waals surface area contributed by atoms with Gasteiger partial charge in [-0.1, -0.05) is 48.5 Å². The van der Waals surface area contributed by atoms with Crippen LogP contribution in [0, 0.1) is 0 Å². The van der Waals surface area contributed by atoms with Crippen molar-refractivity contribution in [2.45, 2.75) is 0 Å². The molecule has 0 radical (unpaired) electrons. The van der Waals surface area contributed by atoms with Gasteiger partial charge >= 0.3 is 0 Å². The van der Waals surface area contributed by atoms with Gasteiger partial charge in [-0.05, 0) is 48.0 Å². The van der Waals surface area contributed by atoms with Crippen LogP contribution in [0.3, 0.4) is 0 Å². The van der Waals surface area contributed by atoms with Crippen LogP contribution < -0.4 is 10.5 Å². The lowest BCUT2D eigenvalue weighted by Gasteiger charge is -2.14. The van der Waals surface area contributed by atoms with Gasteiger partial charge in [-0.25, -0.2) is 0 Å². The van der Waals surface area contributed by atoms with Crippen molar-refractivity contribution in [3.8, 4) is 11.4 Å². The third-order valence-electron chi connectivity index (χ3n) is 5.15. The molecule has 0 saturated carbocycles. The van der Waals surface area contributed by atoms with Crippen LogP contribution in [0.2, 0.25) is 0 Å². The van der Waals surface area contributed by atoms with Gasteiger partial charge in [-0.2, -0.15) is 0 Å². The van der Waals surface area contributed by atoms with Crippen molar-refractivity contribution < 1.29 is 9.90 Å². The van der Waals surface area contributed by atoms with Crippen LogP contribution in [0.25, 0.3) is 22.7 Å². The number of rotatable bonds is 5. The molecule has 0 bridgehead atoms. The minimum absolute atomic E-state index is 0.247.